The van der Waals surface area contributed by atoms with Gasteiger partial charge in [-0.05, 0) is 67.1 Å². The number of amides is 1. The smallest absolute Gasteiger partial charge is 0.263 e. The van der Waals surface area contributed by atoms with E-state index in [2.05, 4.69) is 10.0 Å². The second-order valence-electron chi connectivity index (χ2n) is 8.04. The molecule has 0 aliphatic rings. The number of sulfonamides is 1. The molecule has 0 spiro atoms. The van der Waals surface area contributed by atoms with Crippen LogP contribution in [0.2, 0.25) is 5.02 Å². The Kier molecular flexibility index (Phi) is 7.35. The lowest BCUT2D eigenvalue weighted by atomic mass is 9.93. The first kappa shape index (κ1) is 23.2. The van der Waals surface area contributed by atoms with Crippen LogP contribution >= 0.6 is 11.6 Å². The van der Waals surface area contributed by atoms with Crippen LogP contribution in [0.15, 0.2) is 41.3 Å². The average molecular weight is 437 g/mol. The molecular weight excluding hydrogens is 408 g/mol. The number of rotatable bonds is 7. The number of benzene rings is 2. The zero-order valence-corrected chi connectivity index (χ0v) is 19.3. The van der Waals surface area contributed by atoms with Crippen LogP contribution in [-0.4, -0.2) is 20.4 Å². The Hall–Kier alpha value is -2.05. The predicted octanol–water partition coefficient (Wildman–Crippen LogP) is 5.17. The molecule has 0 saturated carbocycles. The molecule has 0 heterocycles. The summed E-state index contributed by atoms with van der Waals surface area (Å²) in [5, 5.41) is 3.05. The Balaban J connectivity index is 2.33. The van der Waals surface area contributed by atoms with Crippen LogP contribution in [-0.2, 0) is 10.0 Å². The van der Waals surface area contributed by atoms with E-state index in [1.54, 1.807) is 12.1 Å². The van der Waals surface area contributed by atoms with Gasteiger partial charge in [0.15, 0.2) is 0 Å². The third-order valence-corrected chi connectivity index (χ3v) is 6.84. The van der Waals surface area contributed by atoms with Gasteiger partial charge in [0.25, 0.3) is 15.9 Å². The van der Waals surface area contributed by atoms with Gasteiger partial charge in [0.05, 0.1) is 5.02 Å². The molecule has 0 aromatic heterocycles. The Bertz CT molecular complexity index is 993. The van der Waals surface area contributed by atoms with E-state index in [4.69, 9.17) is 11.6 Å². The Labute approximate surface area is 178 Å². The first-order chi connectivity index (χ1) is 13.4. The molecule has 1 amide bonds. The van der Waals surface area contributed by atoms with Crippen LogP contribution < -0.4 is 10.0 Å². The molecular formula is C22H29ClN2O3S. The molecule has 7 heteroatoms. The molecule has 0 atom stereocenters. The van der Waals surface area contributed by atoms with Crippen molar-refractivity contribution in [3.8, 4) is 0 Å². The minimum atomic E-state index is -3.95. The molecule has 158 valence electrons. The van der Waals surface area contributed by atoms with Crippen molar-refractivity contribution in [2.24, 2.45) is 11.8 Å². The van der Waals surface area contributed by atoms with E-state index in [9.17, 15) is 13.2 Å². The van der Waals surface area contributed by atoms with Gasteiger partial charge in [-0.1, -0.05) is 45.4 Å². The highest BCUT2D eigenvalue weighted by atomic mass is 35.5. The first-order valence-electron chi connectivity index (χ1n) is 9.63. The molecule has 0 bridgehead atoms. The first-order valence-corrected chi connectivity index (χ1v) is 11.5. The van der Waals surface area contributed by atoms with E-state index in [1.165, 1.54) is 18.2 Å². The molecule has 0 fully saturated rings. The maximum absolute atomic E-state index is 12.9. The van der Waals surface area contributed by atoms with E-state index < -0.39 is 10.0 Å². The third kappa shape index (κ3) is 5.73. The maximum atomic E-state index is 12.9. The largest absolute Gasteiger partial charge is 0.349 e. The predicted molar refractivity (Wildman–Crippen MR) is 119 cm³/mol. The zero-order chi connectivity index (χ0) is 21.9. The second kappa shape index (κ2) is 9.18. The highest BCUT2D eigenvalue weighted by molar-refractivity contribution is 7.92. The summed E-state index contributed by atoms with van der Waals surface area (Å²) in [5.41, 5.74) is 2.73. The van der Waals surface area contributed by atoms with Crippen LogP contribution in [0.5, 0.6) is 0 Å². The van der Waals surface area contributed by atoms with Crippen LogP contribution in [0.4, 0.5) is 5.69 Å². The summed E-state index contributed by atoms with van der Waals surface area (Å²) in [4.78, 5) is 12.6. The molecule has 0 radical (unpaired) electrons. The van der Waals surface area contributed by atoms with Gasteiger partial charge in [0.2, 0.25) is 0 Å². The number of hydrogen-bond donors (Lipinski definition) is 2. The molecule has 5 nitrogen and oxygen atoms in total. The highest BCUT2D eigenvalue weighted by Gasteiger charge is 2.23. The van der Waals surface area contributed by atoms with Crippen LogP contribution in [0.3, 0.4) is 0 Å². The highest BCUT2D eigenvalue weighted by Crippen LogP contribution is 2.26. The van der Waals surface area contributed by atoms with Crippen molar-refractivity contribution >= 4 is 33.2 Å². The molecule has 2 aromatic carbocycles. The monoisotopic (exact) mass is 436 g/mol. The summed E-state index contributed by atoms with van der Waals surface area (Å²) in [7, 11) is -3.95. The van der Waals surface area contributed by atoms with E-state index in [0.717, 1.165) is 11.1 Å². The Morgan fingerprint density at radius 1 is 0.931 bits per heavy atom. The summed E-state index contributed by atoms with van der Waals surface area (Å²) in [5.74, 6) is 0.179. The van der Waals surface area contributed by atoms with Crippen molar-refractivity contribution in [2.75, 3.05) is 4.72 Å². The van der Waals surface area contributed by atoms with Gasteiger partial charge in [-0.15, -0.1) is 0 Å². The lowest BCUT2D eigenvalue weighted by Crippen LogP contribution is -2.42. The number of carbonyl (C=O) groups excluding carboxylic acids is 1. The van der Waals surface area contributed by atoms with E-state index in [1.807, 2.05) is 47.6 Å². The number of nitrogens with one attached hydrogen (secondary N) is 2. The van der Waals surface area contributed by atoms with Gasteiger partial charge in [-0.2, -0.15) is 0 Å². The maximum Gasteiger partial charge on any atom is 0.263 e. The Morgan fingerprint density at radius 3 is 2.10 bits per heavy atom. The molecule has 2 rings (SSSR count). The summed E-state index contributed by atoms with van der Waals surface area (Å²) in [6.07, 6.45) is 0. The quantitative estimate of drug-likeness (QED) is 0.628. The Morgan fingerprint density at radius 2 is 1.55 bits per heavy atom. The van der Waals surface area contributed by atoms with Crippen molar-refractivity contribution in [1.82, 2.24) is 5.32 Å². The van der Waals surface area contributed by atoms with Crippen molar-refractivity contribution in [2.45, 2.75) is 52.5 Å². The zero-order valence-electron chi connectivity index (χ0n) is 17.7. The van der Waals surface area contributed by atoms with Gasteiger partial charge in [-0.25, -0.2) is 8.42 Å². The third-order valence-electron chi connectivity index (χ3n) is 4.98. The normalized spacial score (nSPS) is 11.9. The fraction of sp³-hybridized carbons (Fsp3) is 0.409. The number of anilines is 1. The topological polar surface area (TPSA) is 75.3 Å². The number of aryl methyl sites for hydroxylation is 2. The van der Waals surface area contributed by atoms with Gasteiger partial charge in [0, 0.05) is 17.3 Å². The molecule has 0 aliphatic carbocycles. The van der Waals surface area contributed by atoms with Crippen LogP contribution in [0.1, 0.15) is 49.2 Å². The minimum Gasteiger partial charge on any atom is -0.349 e. The van der Waals surface area contributed by atoms with E-state index in [-0.39, 0.29) is 39.3 Å². The lowest BCUT2D eigenvalue weighted by Gasteiger charge is -2.26. The lowest BCUT2D eigenvalue weighted by molar-refractivity contribution is 0.0910. The van der Waals surface area contributed by atoms with Gasteiger partial charge in [-0.3, -0.25) is 9.52 Å². The standard InChI is InChI=1S/C22H29ClN2O3S/c1-13(2)21(14(3)4)24-22(26)17-8-10-19(23)20(12-17)29(27,28)25-18-9-7-15(5)16(6)11-18/h7-14,21,25H,1-6H3,(H,24,26). The van der Waals surface area contributed by atoms with Crippen molar-refractivity contribution in [3.63, 3.8) is 0 Å². The second-order valence-corrected chi connectivity index (χ2v) is 10.1. The van der Waals surface area contributed by atoms with Crippen molar-refractivity contribution in [3.05, 3.63) is 58.1 Å². The summed E-state index contributed by atoms with van der Waals surface area (Å²) < 4.78 is 28.4. The molecule has 0 saturated heterocycles. The fourth-order valence-electron chi connectivity index (χ4n) is 3.20. The summed E-state index contributed by atoms with van der Waals surface area (Å²) in [6, 6.07) is 9.56. The van der Waals surface area contributed by atoms with Crippen molar-refractivity contribution in [1.29, 1.82) is 0 Å². The van der Waals surface area contributed by atoms with Crippen molar-refractivity contribution < 1.29 is 13.2 Å². The van der Waals surface area contributed by atoms with Gasteiger partial charge < -0.3 is 5.32 Å². The van der Waals surface area contributed by atoms with Gasteiger partial charge >= 0.3 is 0 Å². The fourth-order valence-corrected chi connectivity index (χ4v) is 4.78. The molecule has 2 aromatic rings. The summed E-state index contributed by atoms with van der Waals surface area (Å²) in [6.45, 7) is 12.0. The van der Waals surface area contributed by atoms with E-state index in [0.29, 0.717) is 5.69 Å². The van der Waals surface area contributed by atoms with Crippen LogP contribution in [0, 0.1) is 25.7 Å². The molecule has 2 N–H and O–H groups in total. The molecule has 0 unspecified atom stereocenters. The van der Waals surface area contributed by atoms with E-state index >= 15 is 0 Å². The van der Waals surface area contributed by atoms with Crippen LogP contribution in [0.25, 0.3) is 0 Å². The number of halogens is 1. The summed E-state index contributed by atoms with van der Waals surface area (Å²) >= 11 is 6.16. The SMILES string of the molecule is Cc1ccc(NS(=O)(=O)c2cc(C(=O)NC(C(C)C)C(C)C)ccc2Cl)cc1C. The molecule has 29 heavy (non-hydrogen) atoms. The number of hydrogen-bond acceptors (Lipinski definition) is 3. The average Bonchev–Trinajstić information content (AvgIpc) is 2.62. The van der Waals surface area contributed by atoms with Gasteiger partial charge in [0.1, 0.15) is 4.90 Å². The molecule has 0 aliphatic heterocycles. The minimum absolute atomic E-state index is 0.0214. The number of carbonyl (C=O) groups is 1.